The van der Waals surface area contributed by atoms with Gasteiger partial charge < -0.3 is 20.5 Å². The van der Waals surface area contributed by atoms with Crippen LogP contribution in [0.4, 0.5) is 19.3 Å². The molecule has 1 fully saturated rings. The SMILES string of the molecule is O=C(Nc1ccc(F)cc1)N[C@@H]1CC[C@@H](CCNS(=O)(=O)c2ccccc2F)O[C@H]1CO. The fraction of sp³-hybridized carbons (Fsp3) is 0.381. The number of urea groups is 1. The monoisotopic (exact) mass is 469 g/mol. The summed E-state index contributed by atoms with van der Waals surface area (Å²) in [4.78, 5) is 11.8. The number of sulfonamides is 1. The van der Waals surface area contributed by atoms with Crippen molar-refractivity contribution in [3.63, 3.8) is 0 Å². The highest BCUT2D eigenvalue weighted by Gasteiger charge is 2.32. The number of benzene rings is 2. The molecule has 0 saturated carbocycles. The van der Waals surface area contributed by atoms with Crippen molar-refractivity contribution in [1.82, 2.24) is 10.0 Å². The first-order chi connectivity index (χ1) is 15.3. The van der Waals surface area contributed by atoms with E-state index < -0.39 is 44.7 Å². The molecule has 0 bridgehead atoms. The maximum Gasteiger partial charge on any atom is 0.319 e. The summed E-state index contributed by atoms with van der Waals surface area (Å²) in [5.41, 5.74) is 0.418. The molecule has 1 heterocycles. The second kappa shape index (κ2) is 10.8. The molecule has 0 radical (unpaired) electrons. The third-order valence-corrected chi connectivity index (χ3v) is 6.59. The van der Waals surface area contributed by atoms with E-state index in [1.54, 1.807) is 0 Å². The zero-order valence-corrected chi connectivity index (χ0v) is 17.9. The minimum Gasteiger partial charge on any atom is -0.394 e. The summed E-state index contributed by atoms with van der Waals surface area (Å²) in [5.74, 6) is -1.25. The van der Waals surface area contributed by atoms with E-state index in [4.69, 9.17) is 4.74 Å². The van der Waals surface area contributed by atoms with Crippen molar-refractivity contribution in [2.45, 2.75) is 42.4 Å². The molecule has 2 aromatic carbocycles. The van der Waals surface area contributed by atoms with Gasteiger partial charge in [-0.15, -0.1) is 0 Å². The number of aliphatic hydroxyl groups excluding tert-OH is 1. The highest BCUT2D eigenvalue weighted by atomic mass is 32.2. The fourth-order valence-electron chi connectivity index (χ4n) is 3.47. The Bertz CT molecular complexity index is 1020. The molecule has 1 aliphatic heterocycles. The number of rotatable bonds is 8. The first kappa shape index (κ1) is 24.1. The van der Waals surface area contributed by atoms with Crippen LogP contribution in [0, 0.1) is 11.6 Å². The largest absolute Gasteiger partial charge is 0.394 e. The van der Waals surface area contributed by atoms with E-state index in [9.17, 15) is 27.1 Å². The minimum absolute atomic E-state index is 0.0304. The van der Waals surface area contributed by atoms with Crippen LogP contribution >= 0.6 is 0 Å². The van der Waals surface area contributed by atoms with Gasteiger partial charge in [0.05, 0.1) is 18.8 Å². The molecule has 8 nitrogen and oxygen atoms in total. The Morgan fingerprint density at radius 1 is 1.09 bits per heavy atom. The molecule has 11 heteroatoms. The number of hydrogen-bond acceptors (Lipinski definition) is 5. The number of aliphatic hydroxyl groups is 1. The number of carbonyl (C=O) groups is 1. The third-order valence-electron chi connectivity index (χ3n) is 5.10. The lowest BCUT2D eigenvalue weighted by atomic mass is 9.97. The Kier molecular flexibility index (Phi) is 8.13. The molecule has 3 rings (SSSR count). The van der Waals surface area contributed by atoms with E-state index in [0.717, 1.165) is 6.07 Å². The van der Waals surface area contributed by atoms with E-state index in [1.165, 1.54) is 42.5 Å². The second-order valence-electron chi connectivity index (χ2n) is 7.39. The number of carbonyl (C=O) groups excluding carboxylic acids is 1. The van der Waals surface area contributed by atoms with Crippen molar-refractivity contribution in [1.29, 1.82) is 0 Å². The quantitative estimate of drug-likeness (QED) is 0.474. The molecule has 32 heavy (non-hydrogen) atoms. The third kappa shape index (κ3) is 6.45. The van der Waals surface area contributed by atoms with Crippen LogP contribution in [-0.2, 0) is 14.8 Å². The Morgan fingerprint density at radius 3 is 2.50 bits per heavy atom. The van der Waals surface area contributed by atoms with Crippen LogP contribution in [0.1, 0.15) is 19.3 Å². The average Bonchev–Trinajstić information content (AvgIpc) is 2.76. The summed E-state index contributed by atoms with van der Waals surface area (Å²) in [6.45, 7) is -0.304. The number of anilines is 1. The molecule has 1 saturated heterocycles. The Labute approximate surface area is 185 Å². The number of amides is 2. The van der Waals surface area contributed by atoms with Gasteiger partial charge >= 0.3 is 6.03 Å². The molecule has 1 aliphatic rings. The van der Waals surface area contributed by atoms with Crippen LogP contribution in [0.3, 0.4) is 0 Å². The molecule has 0 spiro atoms. The topological polar surface area (TPSA) is 117 Å². The van der Waals surface area contributed by atoms with Crippen LogP contribution in [0.5, 0.6) is 0 Å². The molecule has 0 aliphatic carbocycles. The molecule has 2 aromatic rings. The number of halogens is 2. The second-order valence-corrected chi connectivity index (χ2v) is 9.12. The van der Waals surface area contributed by atoms with Gasteiger partial charge in [0.15, 0.2) is 0 Å². The van der Waals surface area contributed by atoms with Gasteiger partial charge in [0.1, 0.15) is 22.6 Å². The number of nitrogens with one attached hydrogen (secondary N) is 3. The van der Waals surface area contributed by atoms with Crippen LogP contribution in [-0.4, -0.2) is 51.0 Å². The van der Waals surface area contributed by atoms with Crippen LogP contribution < -0.4 is 15.4 Å². The van der Waals surface area contributed by atoms with E-state index in [1.807, 2.05) is 0 Å². The van der Waals surface area contributed by atoms with Crippen molar-refractivity contribution in [2.24, 2.45) is 0 Å². The lowest BCUT2D eigenvalue weighted by molar-refractivity contribution is -0.0884. The molecule has 3 atom stereocenters. The van der Waals surface area contributed by atoms with Crippen molar-refractivity contribution in [3.05, 3.63) is 60.2 Å². The predicted octanol–water partition coefficient (Wildman–Crippen LogP) is 2.36. The maximum atomic E-state index is 13.7. The average molecular weight is 470 g/mol. The lowest BCUT2D eigenvalue weighted by Crippen LogP contribution is -2.52. The van der Waals surface area contributed by atoms with Gasteiger partial charge in [0, 0.05) is 12.2 Å². The van der Waals surface area contributed by atoms with Crippen LogP contribution in [0.25, 0.3) is 0 Å². The van der Waals surface area contributed by atoms with Gasteiger partial charge in [-0.25, -0.2) is 26.7 Å². The minimum atomic E-state index is -3.99. The molecule has 4 N–H and O–H groups in total. The van der Waals surface area contributed by atoms with Gasteiger partial charge in [0.2, 0.25) is 10.0 Å². The van der Waals surface area contributed by atoms with E-state index >= 15 is 0 Å². The Morgan fingerprint density at radius 2 is 1.81 bits per heavy atom. The van der Waals surface area contributed by atoms with Gasteiger partial charge in [-0.3, -0.25) is 0 Å². The highest BCUT2D eigenvalue weighted by molar-refractivity contribution is 7.89. The molecule has 2 amide bonds. The smallest absolute Gasteiger partial charge is 0.319 e. The zero-order valence-electron chi connectivity index (χ0n) is 17.1. The Hall–Kier alpha value is -2.60. The molecular weight excluding hydrogens is 444 g/mol. The van der Waals surface area contributed by atoms with Crippen molar-refractivity contribution >= 4 is 21.7 Å². The summed E-state index contributed by atoms with van der Waals surface area (Å²) in [7, 11) is -3.99. The van der Waals surface area contributed by atoms with E-state index in [0.29, 0.717) is 24.9 Å². The number of hydrogen-bond donors (Lipinski definition) is 4. The van der Waals surface area contributed by atoms with E-state index in [-0.39, 0.29) is 19.3 Å². The van der Waals surface area contributed by atoms with Gasteiger partial charge in [-0.2, -0.15) is 0 Å². The van der Waals surface area contributed by atoms with Gasteiger partial charge in [-0.1, -0.05) is 12.1 Å². The summed E-state index contributed by atoms with van der Waals surface area (Å²) in [6.07, 6.45) is 0.342. The van der Waals surface area contributed by atoms with Crippen LogP contribution in [0.15, 0.2) is 53.4 Å². The summed E-state index contributed by atoms with van der Waals surface area (Å²) in [6, 6.07) is 9.43. The molecule has 0 aromatic heterocycles. The molecule has 0 unspecified atom stereocenters. The number of ether oxygens (including phenoxy) is 1. The lowest BCUT2D eigenvalue weighted by Gasteiger charge is -2.36. The maximum absolute atomic E-state index is 13.7. The first-order valence-electron chi connectivity index (χ1n) is 10.1. The predicted molar refractivity (Wildman–Crippen MR) is 114 cm³/mol. The van der Waals surface area contributed by atoms with Crippen LogP contribution in [0.2, 0.25) is 0 Å². The van der Waals surface area contributed by atoms with Crippen molar-refractivity contribution < 1.29 is 31.8 Å². The fourth-order valence-corrected chi connectivity index (χ4v) is 4.60. The van der Waals surface area contributed by atoms with Crippen molar-refractivity contribution in [3.8, 4) is 0 Å². The standard InChI is InChI=1S/C21H25F2N3O5S/c22-14-5-7-15(8-6-14)25-21(28)26-18-10-9-16(31-19(18)13-27)11-12-24-32(29,30)20-4-2-1-3-17(20)23/h1-8,16,18-19,24,27H,9-13H2,(H2,25,26,28)/t16-,18+,19-/m0/s1. The van der Waals surface area contributed by atoms with Gasteiger partial charge in [0.25, 0.3) is 0 Å². The van der Waals surface area contributed by atoms with Crippen molar-refractivity contribution in [2.75, 3.05) is 18.5 Å². The summed E-state index contributed by atoms with van der Waals surface area (Å²) >= 11 is 0. The van der Waals surface area contributed by atoms with E-state index in [2.05, 4.69) is 15.4 Å². The Balaban J connectivity index is 1.47. The first-order valence-corrected chi connectivity index (χ1v) is 11.6. The molecular formula is C21H25F2N3O5S. The molecule has 174 valence electrons. The normalized spacial score (nSPS) is 21.2. The van der Waals surface area contributed by atoms with Gasteiger partial charge in [-0.05, 0) is 55.7 Å². The summed E-state index contributed by atoms with van der Waals surface area (Å²) in [5, 5.41) is 15.0. The summed E-state index contributed by atoms with van der Waals surface area (Å²) < 4.78 is 59.4. The highest BCUT2D eigenvalue weighted by Crippen LogP contribution is 2.22. The zero-order chi connectivity index (χ0) is 23.1.